The SMILES string of the molecule is CCN1CCCC1CN(CC(=O)N1CCNCC1)C(=O)c1ccc(F)cc1. The molecule has 3 rings (SSSR count). The predicted molar refractivity (Wildman–Crippen MR) is 102 cm³/mol. The van der Waals surface area contributed by atoms with Crippen LogP contribution in [0.2, 0.25) is 0 Å². The Hall–Kier alpha value is -1.99. The molecule has 0 radical (unpaired) electrons. The Labute approximate surface area is 160 Å². The second-order valence-corrected chi connectivity index (χ2v) is 7.25. The Morgan fingerprint density at radius 3 is 2.56 bits per heavy atom. The van der Waals surface area contributed by atoms with Crippen LogP contribution in [0.1, 0.15) is 30.1 Å². The molecule has 1 atom stereocenters. The largest absolute Gasteiger partial charge is 0.339 e. The van der Waals surface area contributed by atoms with E-state index >= 15 is 0 Å². The Balaban J connectivity index is 1.73. The van der Waals surface area contributed by atoms with Gasteiger partial charge in [0, 0.05) is 44.3 Å². The summed E-state index contributed by atoms with van der Waals surface area (Å²) in [5, 5.41) is 3.23. The zero-order valence-corrected chi connectivity index (χ0v) is 16.0. The third-order valence-corrected chi connectivity index (χ3v) is 5.51. The molecule has 6 nitrogen and oxygen atoms in total. The number of likely N-dealkylation sites (tertiary alicyclic amines) is 1. The van der Waals surface area contributed by atoms with Crippen molar-refractivity contribution < 1.29 is 14.0 Å². The fraction of sp³-hybridized carbons (Fsp3) is 0.600. The second kappa shape index (κ2) is 9.28. The van der Waals surface area contributed by atoms with Gasteiger partial charge < -0.3 is 15.1 Å². The number of nitrogens with zero attached hydrogens (tertiary/aromatic N) is 3. The van der Waals surface area contributed by atoms with Gasteiger partial charge in [0.2, 0.25) is 5.91 Å². The van der Waals surface area contributed by atoms with Gasteiger partial charge in [-0.15, -0.1) is 0 Å². The normalized spacial score (nSPS) is 20.7. The van der Waals surface area contributed by atoms with Crippen LogP contribution in [0.15, 0.2) is 24.3 Å². The van der Waals surface area contributed by atoms with Crippen LogP contribution in [0.5, 0.6) is 0 Å². The van der Waals surface area contributed by atoms with Gasteiger partial charge in [-0.25, -0.2) is 4.39 Å². The molecule has 2 heterocycles. The molecule has 2 aliphatic heterocycles. The topological polar surface area (TPSA) is 55.9 Å². The summed E-state index contributed by atoms with van der Waals surface area (Å²) in [6.45, 7) is 7.60. The van der Waals surface area contributed by atoms with Crippen LogP contribution >= 0.6 is 0 Å². The van der Waals surface area contributed by atoms with Crippen molar-refractivity contribution in [2.45, 2.75) is 25.8 Å². The lowest BCUT2D eigenvalue weighted by Crippen LogP contribution is -2.52. The van der Waals surface area contributed by atoms with Crippen LogP contribution < -0.4 is 5.32 Å². The van der Waals surface area contributed by atoms with Crippen molar-refractivity contribution in [2.24, 2.45) is 0 Å². The van der Waals surface area contributed by atoms with Crippen molar-refractivity contribution >= 4 is 11.8 Å². The van der Waals surface area contributed by atoms with Crippen LogP contribution in [0.4, 0.5) is 4.39 Å². The molecule has 1 aromatic carbocycles. The lowest BCUT2D eigenvalue weighted by Gasteiger charge is -2.33. The van der Waals surface area contributed by atoms with Crippen molar-refractivity contribution in [3.05, 3.63) is 35.6 Å². The van der Waals surface area contributed by atoms with Crippen molar-refractivity contribution in [3.63, 3.8) is 0 Å². The van der Waals surface area contributed by atoms with E-state index in [-0.39, 0.29) is 30.2 Å². The summed E-state index contributed by atoms with van der Waals surface area (Å²) in [5.41, 5.74) is 0.422. The first-order valence-corrected chi connectivity index (χ1v) is 9.86. The number of likely N-dealkylation sites (N-methyl/N-ethyl adjacent to an activating group) is 1. The number of nitrogens with one attached hydrogen (secondary N) is 1. The van der Waals surface area contributed by atoms with Crippen molar-refractivity contribution in [2.75, 3.05) is 52.4 Å². The maximum Gasteiger partial charge on any atom is 0.254 e. The summed E-state index contributed by atoms with van der Waals surface area (Å²) >= 11 is 0. The molecule has 2 saturated heterocycles. The molecule has 0 aliphatic carbocycles. The number of carbonyl (C=O) groups excluding carboxylic acids is 2. The van der Waals surface area contributed by atoms with Gasteiger partial charge in [-0.05, 0) is 50.2 Å². The fourth-order valence-electron chi connectivity index (χ4n) is 3.94. The number of hydrogen-bond acceptors (Lipinski definition) is 4. The molecule has 2 aliphatic rings. The van der Waals surface area contributed by atoms with E-state index in [2.05, 4.69) is 17.1 Å². The number of carbonyl (C=O) groups is 2. The Morgan fingerprint density at radius 2 is 1.89 bits per heavy atom. The van der Waals surface area contributed by atoms with Crippen molar-refractivity contribution in [3.8, 4) is 0 Å². The van der Waals surface area contributed by atoms with Gasteiger partial charge in [0.15, 0.2) is 0 Å². The smallest absolute Gasteiger partial charge is 0.254 e. The molecule has 1 N–H and O–H groups in total. The fourth-order valence-corrected chi connectivity index (χ4v) is 3.94. The Kier molecular flexibility index (Phi) is 6.79. The van der Waals surface area contributed by atoms with Crippen molar-refractivity contribution in [1.29, 1.82) is 0 Å². The van der Waals surface area contributed by atoms with Gasteiger partial charge in [0.05, 0.1) is 0 Å². The van der Waals surface area contributed by atoms with Gasteiger partial charge in [0.25, 0.3) is 5.91 Å². The van der Waals surface area contributed by atoms with E-state index in [1.807, 2.05) is 4.90 Å². The maximum atomic E-state index is 13.2. The molecule has 27 heavy (non-hydrogen) atoms. The molecule has 1 aromatic rings. The third-order valence-electron chi connectivity index (χ3n) is 5.51. The molecule has 148 valence electrons. The Bertz CT molecular complexity index is 646. The van der Waals surface area contributed by atoms with Crippen LogP contribution in [0.3, 0.4) is 0 Å². The predicted octanol–water partition coefficient (Wildman–Crippen LogP) is 1.18. The molecule has 2 fully saturated rings. The summed E-state index contributed by atoms with van der Waals surface area (Å²) in [5.74, 6) is -0.600. The highest BCUT2D eigenvalue weighted by molar-refractivity contribution is 5.96. The third kappa shape index (κ3) is 5.05. The highest BCUT2D eigenvalue weighted by Gasteiger charge is 2.30. The van der Waals surface area contributed by atoms with E-state index < -0.39 is 0 Å². The van der Waals surface area contributed by atoms with Gasteiger partial charge in [0.1, 0.15) is 12.4 Å². The highest BCUT2D eigenvalue weighted by atomic mass is 19.1. The van der Waals surface area contributed by atoms with Gasteiger partial charge in [-0.3, -0.25) is 14.5 Å². The Morgan fingerprint density at radius 1 is 1.19 bits per heavy atom. The monoisotopic (exact) mass is 376 g/mol. The number of hydrogen-bond donors (Lipinski definition) is 1. The lowest BCUT2D eigenvalue weighted by molar-refractivity contribution is -0.132. The molecule has 0 aromatic heterocycles. The lowest BCUT2D eigenvalue weighted by atomic mass is 10.1. The first-order valence-electron chi connectivity index (χ1n) is 9.86. The van der Waals surface area contributed by atoms with Gasteiger partial charge in [-0.2, -0.15) is 0 Å². The minimum Gasteiger partial charge on any atom is -0.339 e. The molecule has 7 heteroatoms. The van der Waals surface area contributed by atoms with Crippen LogP contribution in [0.25, 0.3) is 0 Å². The average molecular weight is 376 g/mol. The molecule has 0 spiro atoms. The number of rotatable bonds is 6. The average Bonchev–Trinajstić information content (AvgIpc) is 3.15. The van der Waals surface area contributed by atoms with E-state index in [1.54, 1.807) is 4.90 Å². The summed E-state index contributed by atoms with van der Waals surface area (Å²) in [6, 6.07) is 5.84. The van der Waals surface area contributed by atoms with Gasteiger partial charge >= 0.3 is 0 Å². The number of benzene rings is 1. The molecule has 1 unspecified atom stereocenters. The summed E-state index contributed by atoms with van der Waals surface area (Å²) < 4.78 is 13.2. The molecular weight excluding hydrogens is 347 g/mol. The summed E-state index contributed by atoms with van der Waals surface area (Å²) in [6.07, 6.45) is 2.14. The van der Waals surface area contributed by atoms with E-state index in [1.165, 1.54) is 24.3 Å². The minimum atomic E-state index is -0.372. The molecular formula is C20H29FN4O2. The maximum absolute atomic E-state index is 13.2. The summed E-state index contributed by atoms with van der Waals surface area (Å²) in [7, 11) is 0. The van der Waals surface area contributed by atoms with E-state index in [0.29, 0.717) is 25.2 Å². The zero-order chi connectivity index (χ0) is 19.2. The standard InChI is InChI=1S/C20H29FN4O2/c1-2-23-11-3-4-18(23)14-25(15-19(26)24-12-9-22-10-13-24)20(27)16-5-7-17(21)8-6-16/h5-8,18,22H,2-4,9-15H2,1H3. The van der Waals surface area contributed by atoms with Crippen LogP contribution in [-0.4, -0.2) is 84.9 Å². The molecule has 0 bridgehead atoms. The molecule has 0 saturated carbocycles. The molecule has 2 amide bonds. The van der Waals surface area contributed by atoms with Crippen molar-refractivity contribution in [1.82, 2.24) is 20.0 Å². The van der Waals surface area contributed by atoms with Gasteiger partial charge in [-0.1, -0.05) is 6.92 Å². The first-order chi connectivity index (χ1) is 13.1. The van der Waals surface area contributed by atoms with E-state index in [4.69, 9.17) is 0 Å². The summed E-state index contributed by atoms with van der Waals surface area (Å²) in [4.78, 5) is 31.6. The van der Waals surface area contributed by atoms with Crippen LogP contribution in [0, 0.1) is 5.82 Å². The number of piperazine rings is 1. The number of amides is 2. The highest BCUT2D eigenvalue weighted by Crippen LogP contribution is 2.19. The van der Waals surface area contributed by atoms with Crippen LogP contribution in [-0.2, 0) is 4.79 Å². The quantitative estimate of drug-likeness (QED) is 0.810. The van der Waals surface area contributed by atoms with E-state index in [0.717, 1.165) is 39.0 Å². The van der Waals surface area contributed by atoms with E-state index in [9.17, 15) is 14.0 Å². The zero-order valence-electron chi connectivity index (χ0n) is 16.0. The second-order valence-electron chi connectivity index (χ2n) is 7.25. The first kappa shape index (κ1) is 19.8. The number of halogens is 1. The minimum absolute atomic E-state index is 0.0204.